The standard InChI is InChI=1S/C20H20FN3O3/c1-26-17-8-5-15(11-18(17)27-2)12-23-19-20(25)24(10-9-22-19)13-14-3-6-16(21)7-4-14/h3-11H,12-13H2,1-2H3,(H,22,23). The van der Waals surface area contributed by atoms with E-state index in [1.54, 1.807) is 44.8 Å². The van der Waals surface area contributed by atoms with Gasteiger partial charge in [0.15, 0.2) is 17.3 Å². The summed E-state index contributed by atoms with van der Waals surface area (Å²) >= 11 is 0. The Hall–Kier alpha value is -3.35. The van der Waals surface area contributed by atoms with Crippen LogP contribution in [0, 0.1) is 5.82 Å². The molecule has 0 aliphatic rings. The van der Waals surface area contributed by atoms with Crippen molar-refractivity contribution in [3.05, 3.63) is 82.2 Å². The van der Waals surface area contributed by atoms with Crippen molar-refractivity contribution in [2.45, 2.75) is 13.1 Å². The van der Waals surface area contributed by atoms with Crippen molar-refractivity contribution in [3.63, 3.8) is 0 Å². The second-order valence-corrected chi connectivity index (χ2v) is 5.88. The number of nitrogens with one attached hydrogen (secondary N) is 1. The van der Waals surface area contributed by atoms with E-state index in [4.69, 9.17) is 9.47 Å². The smallest absolute Gasteiger partial charge is 0.293 e. The van der Waals surface area contributed by atoms with Gasteiger partial charge in [-0.2, -0.15) is 0 Å². The summed E-state index contributed by atoms with van der Waals surface area (Å²) in [7, 11) is 3.15. The molecule has 0 aliphatic heterocycles. The Bertz CT molecular complexity index is 971. The predicted molar refractivity (Wildman–Crippen MR) is 101 cm³/mol. The minimum Gasteiger partial charge on any atom is -0.493 e. The van der Waals surface area contributed by atoms with E-state index in [9.17, 15) is 9.18 Å². The fraction of sp³-hybridized carbons (Fsp3) is 0.200. The molecule has 0 aliphatic carbocycles. The van der Waals surface area contributed by atoms with Crippen molar-refractivity contribution < 1.29 is 13.9 Å². The Morgan fingerprint density at radius 1 is 1.04 bits per heavy atom. The lowest BCUT2D eigenvalue weighted by Gasteiger charge is -2.11. The number of ether oxygens (including phenoxy) is 2. The molecule has 0 spiro atoms. The number of hydrogen-bond acceptors (Lipinski definition) is 5. The summed E-state index contributed by atoms with van der Waals surface area (Å²) < 4.78 is 25.1. The zero-order chi connectivity index (χ0) is 19.2. The lowest BCUT2D eigenvalue weighted by Crippen LogP contribution is -2.24. The van der Waals surface area contributed by atoms with Crippen molar-refractivity contribution in [1.82, 2.24) is 9.55 Å². The Balaban J connectivity index is 1.74. The first-order chi connectivity index (χ1) is 13.1. The molecule has 0 saturated heterocycles. The highest BCUT2D eigenvalue weighted by Gasteiger charge is 2.08. The van der Waals surface area contributed by atoms with Gasteiger partial charge in [-0.1, -0.05) is 18.2 Å². The van der Waals surface area contributed by atoms with Gasteiger partial charge in [0, 0.05) is 18.9 Å². The Morgan fingerprint density at radius 2 is 1.74 bits per heavy atom. The maximum atomic E-state index is 13.0. The van der Waals surface area contributed by atoms with Crippen LogP contribution in [0.25, 0.3) is 0 Å². The fourth-order valence-electron chi connectivity index (χ4n) is 2.66. The summed E-state index contributed by atoms with van der Waals surface area (Å²) in [6, 6.07) is 11.6. The molecular formula is C20H20FN3O3. The molecule has 3 rings (SSSR count). The van der Waals surface area contributed by atoms with E-state index in [0.717, 1.165) is 11.1 Å². The first kappa shape index (κ1) is 18.4. The number of methoxy groups -OCH3 is 2. The highest BCUT2D eigenvalue weighted by Crippen LogP contribution is 2.27. The number of rotatable bonds is 7. The fourth-order valence-corrected chi connectivity index (χ4v) is 2.66. The van der Waals surface area contributed by atoms with Gasteiger partial charge in [-0.25, -0.2) is 9.37 Å². The molecule has 6 nitrogen and oxygen atoms in total. The van der Waals surface area contributed by atoms with Crippen LogP contribution in [0.2, 0.25) is 0 Å². The lowest BCUT2D eigenvalue weighted by atomic mass is 10.2. The second kappa shape index (κ2) is 8.35. The molecule has 27 heavy (non-hydrogen) atoms. The maximum absolute atomic E-state index is 13.0. The molecule has 3 aromatic rings. The van der Waals surface area contributed by atoms with Gasteiger partial charge in [0.2, 0.25) is 0 Å². The third kappa shape index (κ3) is 4.44. The molecule has 0 bridgehead atoms. The van der Waals surface area contributed by atoms with Gasteiger partial charge in [0.05, 0.1) is 20.8 Å². The molecule has 1 aromatic heterocycles. The summed E-state index contributed by atoms with van der Waals surface area (Å²) in [6.45, 7) is 0.746. The van der Waals surface area contributed by atoms with Gasteiger partial charge < -0.3 is 19.4 Å². The second-order valence-electron chi connectivity index (χ2n) is 5.88. The topological polar surface area (TPSA) is 65.4 Å². The summed E-state index contributed by atoms with van der Waals surface area (Å²) in [6.07, 6.45) is 3.16. The molecule has 140 valence electrons. The molecular weight excluding hydrogens is 349 g/mol. The summed E-state index contributed by atoms with van der Waals surface area (Å²) in [4.78, 5) is 16.7. The van der Waals surface area contributed by atoms with Gasteiger partial charge in [0.1, 0.15) is 5.82 Å². The monoisotopic (exact) mass is 369 g/mol. The van der Waals surface area contributed by atoms with Crippen molar-refractivity contribution >= 4 is 5.82 Å². The highest BCUT2D eigenvalue weighted by molar-refractivity contribution is 5.44. The zero-order valence-corrected chi connectivity index (χ0v) is 15.1. The number of benzene rings is 2. The molecule has 0 amide bonds. The number of anilines is 1. The summed E-state index contributed by atoms with van der Waals surface area (Å²) in [5, 5.41) is 3.05. The molecule has 7 heteroatoms. The van der Waals surface area contributed by atoms with E-state index in [1.165, 1.54) is 16.7 Å². The van der Waals surface area contributed by atoms with Crippen LogP contribution in [0.4, 0.5) is 10.2 Å². The summed E-state index contributed by atoms with van der Waals surface area (Å²) in [5.41, 5.74) is 1.50. The lowest BCUT2D eigenvalue weighted by molar-refractivity contribution is 0.354. The third-order valence-corrected chi connectivity index (χ3v) is 4.09. The van der Waals surface area contributed by atoms with Crippen LogP contribution in [0.15, 0.2) is 59.7 Å². The maximum Gasteiger partial charge on any atom is 0.293 e. The minimum atomic E-state index is -0.307. The van der Waals surface area contributed by atoms with Crippen molar-refractivity contribution in [1.29, 1.82) is 0 Å². The van der Waals surface area contributed by atoms with Crippen LogP contribution >= 0.6 is 0 Å². The molecule has 0 saturated carbocycles. The van der Waals surface area contributed by atoms with Crippen molar-refractivity contribution in [2.75, 3.05) is 19.5 Å². The van der Waals surface area contributed by atoms with E-state index in [-0.39, 0.29) is 17.2 Å². The van der Waals surface area contributed by atoms with Gasteiger partial charge in [-0.05, 0) is 35.4 Å². The van der Waals surface area contributed by atoms with Gasteiger partial charge in [-0.3, -0.25) is 4.79 Å². The summed E-state index contributed by atoms with van der Waals surface area (Å²) in [5.74, 6) is 1.19. The van der Waals surface area contributed by atoms with Gasteiger partial charge >= 0.3 is 0 Å². The van der Waals surface area contributed by atoms with Crippen LogP contribution in [0.1, 0.15) is 11.1 Å². The van der Waals surface area contributed by atoms with Gasteiger partial charge in [-0.15, -0.1) is 0 Å². The number of hydrogen-bond donors (Lipinski definition) is 1. The van der Waals surface area contributed by atoms with E-state index in [0.29, 0.717) is 24.6 Å². The number of aromatic nitrogens is 2. The van der Waals surface area contributed by atoms with E-state index >= 15 is 0 Å². The van der Waals surface area contributed by atoms with E-state index in [2.05, 4.69) is 10.3 Å². The third-order valence-electron chi connectivity index (χ3n) is 4.09. The van der Waals surface area contributed by atoms with Crippen LogP contribution in [-0.4, -0.2) is 23.8 Å². The first-order valence-electron chi connectivity index (χ1n) is 8.35. The predicted octanol–water partition coefficient (Wildman–Crippen LogP) is 3.06. The average Bonchev–Trinajstić information content (AvgIpc) is 2.70. The van der Waals surface area contributed by atoms with Crippen molar-refractivity contribution in [2.24, 2.45) is 0 Å². The molecule has 0 atom stereocenters. The zero-order valence-electron chi connectivity index (χ0n) is 15.1. The molecule has 2 aromatic carbocycles. The quantitative estimate of drug-likeness (QED) is 0.693. The van der Waals surface area contributed by atoms with Crippen LogP contribution < -0.4 is 20.3 Å². The Labute approximate surface area is 156 Å². The van der Waals surface area contributed by atoms with Gasteiger partial charge in [0.25, 0.3) is 5.56 Å². The van der Waals surface area contributed by atoms with Crippen molar-refractivity contribution in [3.8, 4) is 11.5 Å². The van der Waals surface area contributed by atoms with E-state index < -0.39 is 0 Å². The Morgan fingerprint density at radius 3 is 2.44 bits per heavy atom. The molecule has 0 unspecified atom stereocenters. The molecule has 0 fully saturated rings. The molecule has 0 radical (unpaired) electrons. The van der Waals surface area contributed by atoms with Crippen LogP contribution in [0.5, 0.6) is 11.5 Å². The molecule has 1 N–H and O–H groups in total. The first-order valence-corrected chi connectivity index (χ1v) is 8.35. The van der Waals surface area contributed by atoms with E-state index in [1.807, 2.05) is 12.1 Å². The molecule has 1 heterocycles. The number of nitrogens with zero attached hydrogens (tertiary/aromatic N) is 2. The number of halogens is 1. The largest absolute Gasteiger partial charge is 0.493 e. The normalized spacial score (nSPS) is 10.5. The van der Waals surface area contributed by atoms with Crippen LogP contribution in [0.3, 0.4) is 0 Å². The average molecular weight is 369 g/mol. The Kier molecular flexibility index (Phi) is 5.71. The highest BCUT2D eigenvalue weighted by atomic mass is 19.1. The van der Waals surface area contributed by atoms with Crippen LogP contribution in [-0.2, 0) is 13.1 Å². The SMILES string of the molecule is COc1ccc(CNc2nccn(Cc3ccc(F)cc3)c2=O)cc1OC. The minimum absolute atomic E-state index is 0.245.